The molecule has 0 aliphatic carbocycles. The van der Waals surface area contributed by atoms with Crippen LogP contribution >= 0.6 is 11.8 Å². The molecular formula is C20H23NO3S. The fourth-order valence-electron chi connectivity index (χ4n) is 3.02. The third kappa shape index (κ3) is 3.61. The van der Waals surface area contributed by atoms with Gasteiger partial charge in [-0.05, 0) is 42.3 Å². The summed E-state index contributed by atoms with van der Waals surface area (Å²) in [4.78, 5) is 14.9. The zero-order valence-corrected chi connectivity index (χ0v) is 15.6. The first-order valence-electron chi connectivity index (χ1n) is 8.41. The summed E-state index contributed by atoms with van der Waals surface area (Å²) in [6.07, 6.45) is 0.970. The smallest absolute Gasteiger partial charge is 0.255 e. The van der Waals surface area contributed by atoms with E-state index in [1.165, 1.54) is 5.56 Å². The first kappa shape index (κ1) is 17.7. The molecule has 0 spiro atoms. The molecule has 5 heteroatoms. The van der Waals surface area contributed by atoms with Gasteiger partial charge >= 0.3 is 0 Å². The third-order valence-corrected chi connectivity index (χ3v) is 5.71. The van der Waals surface area contributed by atoms with Gasteiger partial charge in [0.1, 0.15) is 16.9 Å². The van der Waals surface area contributed by atoms with Gasteiger partial charge in [-0.15, -0.1) is 11.8 Å². The Kier molecular flexibility index (Phi) is 5.53. The number of benzene rings is 2. The molecule has 132 valence electrons. The van der Waals surface area contributed by atoms with Crippen LogP contribution in [-0.4, -0.2) is 37.3 Å². The second-order valence-electron chi connectivity index (χ2n) is 5.88. The maximum Gasteiger partial charge on any atom is 0.255 e. The number of nitrogens with zero attached hydrogens (tertiary/aromatic N) is 1. The van der Waals surface area contributed by atoms with Gasteiger partial charge in [0.05, 0.1) is 14.2 Å². The molecule has 0 aromatic heterocycles. The van der Waals surface area contributed by atoms with Crippen molar-refractivity contribution >= 4 is 17.7 Å². The molecule has 4 nitrogen and oxygen atoms in total. The first-order valence-corrected chi connectivity index (χ1v) is 9.46. The average Bonchev–Trinajstić information content (AvgIpc) is 3.16. The van der Waals surface area contributed by atoms with Gasteiger partial charge in [0.25, 0.3) is 5.91 Å². The fraction of sp³-hybridized carbons (Fsp3) is 0.350. The Labute approximate surface area is 153 Å². The molecule has 0 N–H and O–H groups in total. The summed E-state index contributed by atoms with van der Waals surface area (Å²) >= 11 is 1.75. The molecule has 2 aromatic carbocycles. The monoisotopic (exact) mass is 357 g/mol. The van der Waals surface area contributed by atoms with Crippen LogP contribution in [0.25, 0.3) is 0 Å². The largest absolute Gasteiger partial charge is 0.497 e. The van der Waals surface area contributed by atoms with Crippen molar-refractivity contribution in [3.63, 3.8) is 0 Å². The molecule has 3 rings (SSSR count). The van der Waals surface area contributed by atoms with Crippen molar-refractivity contribution in [3.05, 3.63) is 59.2 Å². The van der Waals surface area contributed by atoms with Crippen molar-refractivity contribution in [2.75, 3.05) is 26.5 Å². The van der Waals surface area contributed by atoms with Crippen LogP contribution in [0.4, 0.5) is 0 Å². The van der Waals surface area contributed by atoms with E-state index < -0.39 is 0 Å². The van der Waals surface area contributed by atoms with Gasteiger partial charge in [-0.1, -0.05) is 19.1 Å². The lowest BCUT2D eigenvalue weighted by Gasteiger charge is -2.26. The highest BCUT2D eigenvalue weighted by atomic mass is 32.2. The Morgan fingerprint density at radius 1 is 1.16 bits per heavy atom. The van der Waals surface area contributed by atoms with Crippen molar-refractivity contribution in [3.8, 4) is 11.5 Å². The Morgan fingerprint density at radius 2 is 1.92 bits per heavy atom. The van der Waals surface area contributed by atoms with E-state index in [1.807, 2.05) is 47.4 Å². The minimum atomic E-state index is -0.0663. The van der Waals surface area contributed by atoms with Crippen molar-refractivity contribution in [1.82, 2.24) is 4.90 Å². The predicted octanol–water partition coefficient (Wildman–Crippen LogP) is 4.15. The number of methoxy groups -OCH3 is 2. The quantitative estimate of drug-likeness (QED) is 0.806. The van der Waals surface area contributed by atoms with Gasteiger partial charge in [-0.25, -0.2) is 0 Å². The summed E-state index contributed by atoms with van der Waals surface area (Å²) in [5, 5.41) is -0.0663. The average molecular weight is 357 g/mol. The lowest BCUT2D eigenvalue weighted by Crippen LogP contribution is -2.30. The van der Waals surface area contributed by atoms with Crippen molar-refractivity contribution in [2.24, 2.45) is 0 Å². The highest BCUT2D eigenvalue weighted by molar-refractivity contribution is 7.99. The molecule has 0 bridgehead atoms. The van der Waals surface area contributed by atoms with Gasteiger partial charge < -0.3 is 14.4 Å². The molecular weight excluding hydrogens is 334 g/mol. The minimum Gasteiger partial charge on any atom is -0.497 e. The molecule has 1 unspecified atom stereocenters. The molecule has 1 amide bonds. The number of carbonyl (C=O) groups is 1. The summed E-state index contributed by atoms with van der Waals surface area (Å²) in [6.45, 7) is 2.84. The first-order chi connectivity index (χ1) is 12.2. The van der Waals surface area contributed by atoms with Crippen molar-refractivity contribution in [1.29, 1.82) is 0 Å². The van der Waals surface area contributed by atoms with Gasteiger partial charge in [0, 0.05) is 23.4 Å². The van der Waals surface area contributed by atoms with Gasteiger partial charge in [0.2, 0.25) is 0 Å². The molecule has 1 heterocycles. The van der Waals surface area contributed by atoms with Crippen LogP contribution in [-0.2, 0) is 6.42 Å². The predicted molar refractivity (Wildman–Crippen MR) is 102 cm³/mol. The zero-order valence-electron chi connectivity index (χ0n) is 14.8. The van der Waals surface area contributed by atoms with E-state index in [-0.39, 0.29) is 11.3 Å². The van der Waals surface area contributed by atoms with E-state index in [9.17, 15) is 4.79 Å². The molecule has 1 saturated heterocycles. The molecule has 25 heavy (non-hydrogen) atoms. The number of amides is 1. The normalized spacial score (nSPS) is 16.8. The Hall–Kier alpha value is -2.14. The zero-order chi connectivity index (χ0) is 17.8. The molecule has 1 fully saturated rings. The van der Waals surface area contributed by atoms with Crippen molar-refractivity contribution < 1.29 is 14.3 Å². The molecule has 0 radical (unpaired) electrons. The molecule has 1 aliphatic heterocycles. The number of ether oxygens (including phenoxy) is 2. The Morgan fingerprint density at radius 3 is 2.56 bits per heavy atom. The highest BCUT2D eigenvalue weighted by Crippen LogP contribution is 2.43. The number of carbonyl (C=O) groups excluding carboxylic acids is 1. The van der Waals surface area contributed by atoms with Crippen LogP contribution in [0.2, 0.25) is 0 Å². The van der Waals surface area contributed by atoms with Gasteiger partial charge in [-0.2, -0.15) is 0 Å². The molecule has 1 aliphatic rings. The second-order valence-corrected chi connectivity index (χ2v) is 7.07. The minimum absolute atomic E-state index is 0.0579. The second kappa shape index (κ2) is 7.83. The van der Waals surface area contributed by atoms with Gasteiger partial charge in [0.15, 0.2) is 0 Å². The number of thioether (sulfide) groups is 1. The Balaban J connectivity index is 1.90. The standard InChI is InChI=1S/C20H23NO3S/c1-4-14-5-7-15(8-6-14)19(22)21-11-12-25-20(21)17-13-16(23-2)9-10-18(17)24-3/h5-10,13,20H,4,11-12H2,1-3H3. The molecule has 2 aromatic rings. The summed E-state index contributed by atoms with van der Waals surface area (Å²) < 4.78 is 10.9. The summed E-state index contributed by atoms with van der Waals surface area (Å²) in [5.74, 6) is 2.51. The van der Waals surface area contributed by atoms with Crippen LogP contribution in [0, 0.1) is 0 Å². The topological polar surface area (TPSA) is 38.8 Å². The molecule has 1 atom stereocenters. The lowest BCUT2D eigenvalue weighted by molar-refractivity contribution is 0.0759. The third-order valence-electron chi connectivity index (χ3n) is 4.46. The van der Waals surface area contributed by atoms with Gasteiger partial charge in [-0.3, -0.25) is 4.79 Å². The summed E-state index contributed by atoms with van der Waals surface area (Å²) in [7, 11) is 3.30. The van der Waals surface area contributed by atoms with Crippen LogP contribution in [0.5, 0.6) is 11.5 Å². The van der Waals surface area contributed by atoms with E-state index in [2.05, 4.69) is 6.92 Å². The maximum atomic E-state index is 13.0. The highest BCUT2D eigenvalue weighted by Gasteiger charge is 2.33. The van der Waals surface area contributed by atoms with E-state index in [4.69, 9.17) is 9.47 Å². The van der Waals surface area contributed by atoms with Crippen LogP contribution < -0.4 is 9.47 Å². The van der Waals surface area contributed by atoms with Crippen LogP contribution in [0.1, 0.15) is 33.8 Å². The number of hydrogen-bond acceptors (Lipinski definition) is 4. The number of hydrogen-bond donors (Lipinski definition) is 0. The molecule has 0 saturated carbocycles. The SMILES string of the molecule is CCc1ccc(C(=O)N2CCSC2c2cc(OC)ccc2OC)cc1. The lowest BCUT2D eigenvalue weighted by atomic mass is 10.1. The fourth-order valence-corrected chi connectivity index (χ4v) is 4.29. The Bertz CT molecular complexity index is 745. The van der Waals surface area contributed by atoms with Crippen LogP contribution in [0.15, 0.2) is 42.5 Å². The maximum absolute atomic E-state index is 13.0. The van der Waals surface area contributed by atoms with E-state index in [1.54, 1.807) is 26.0 Å². The van der Waals surface area contributed by atoms with E-state index in [0.29, 0.717) is 0 Å². The van der Waals surface area contributed by atoms with E-state index >= 15 is 0 Å². The summed E-state index contributed by atoms with van der Waals surface area (Å²) in [6, 6.07) is 13.6. The number of rotatable bonds is 5. The van der Waals surface area contributed by atoms with Crippen molar-refractivity contribution in [2.45, 2.75) is 18.7 Å². The number of aryl methyl sites for hydroxylation is 1. The summed E-state index contributed by atoms with van der Waals surface area (Å²) in [5.41, 5.74) is 2.94. The van der Waals surface area contributed by atoms with E-state index in [0.717, 1.165) is 41.3 Å². The van der Waals surface area contributed by atoms with Crippen LogP contribution in [0.3, 0.4) is 0 Å².